The van der Waals surface area contributed by atoms with Gasteiger partial charge < -0.3 is 4.74 Å². The molecule has 0 N–H and O–H groups in total. The lowest BCUT2D eigenvalue weighted by atomic mass is 10.4. The maximum atomic E-state index is 5.65. The van der Waals surface area contributed by atoms with Gasteiger partial charge in [0.05, 0.1) is 6.61 Å². The molecule has 0 saturated heterocycles. The lowest BCUT2D eigenvalue weighted by Crippen LogP contribution is -1.88. The first-order chi connectivity index (χ1) is 4.18. The van der Waals surface area contributed by atoms with Crippen molar-refractivity contribution in [3.8, 4) is 0 Å². The smallest absolute Gasteiger partial charge is 0.185 e. The van der Waals surface area contributed by atoms with Crippen molar-refractivity contribution in [2.24, 2.45) is 0 Å². The second-order valence-electron chi connectivity index (χ2n) is 2.12. The number of rotatable bonds is 3. The van der Waals surface area contributed by atoms with Crippen LogP contribution in [0, 0.1) is 0 Å². The zero-order chi connectivity index (χ0) is 7.28. The van der Waals surface area contributed by atoms with E-state index in [1.807, 2.05) is 13.8 Å². The summed E-state index contributed by atoms with van der Waals surface area (Å²) in [6.07, 6.45) is 1.00. The number of halogens is 1. The largest absolute Gasteiger partial charge is 0.483 e. The van der Waals surface area contributed by atoms with Crippen LogP contribution in [0.5, 0.6) is 0 Å². The Hall–Kier alpha value is -0.170. The highest BCUT2D eigenvalue weighted by Crippen LogP contribution is 2.09. The molecule has 2 heteroatoms. The minimum atomic E-state index is 0.539. The number of ether oxygens (including phenoxy) is 1. The predicted molar refractivity (Wildman–Crippen MR) is 40.5 cm³/mol. The summed E-state index contributed by atoms with van der Waals surface area (Å²) in [6, 6.07) is 0. The van der Waals surface area contributed by atoms with E-state index in [0.717, 1.165) is 12.0 Å². The van der Waals surface area contributed by atoms with Crippen LogP contribution in [0.1, 0.15) is 27.2 Å². The Morgan fingerprint density at radius 2 is 2.00 bits per heavy atom. The Kier molecular flexibility index (Phi) is 4.60. The Morgan fingerprint density at radius 1 is 1.44 bits per heavy atom. The maximum Gasteiger partial charge on any atom is 0.185 e. The van der Waals surface area contributed by atoms with Crippen molar-refractivity contribution < 1.29 is 4.74 Å². The molecule has 0 heterocycles. The lowest BCUT2D eigenvalue weighted by molar-refractivity contribution is 0.233. The van der Waals surface area contributed by atoms with Crippen LogP contribution < -0.4 is 0 Å². The zero-order valence-corrected chi connectivity index (χ0v) is 6.96. The molecule has 1 nitrogen and oxygen atoms in total. The lowest BCUT2D eigenvalue weighted by Gasteiger charge is -2.02. The zero-order valence-electron chi connectivity index (χ0n) is 6.20. The number of allylic oxidation sites excluding steroid dienone is 1. The molecule has 0 bridgehead atoms. The molecular formula is C7H13ClO. The third kappa shape index (κ3) is 4.34. The number of hydrogen-bond donors (Lipinski definition) is 0. The summed E-state index contributed by atoms with van der Waals surface area (Å²) in [5, 5.41) is 0.539. The average Bonchev–Trinajstić information content (AvgIpc) is 1.82. The predicted octanol–water partition coefficient (Wildman–Crippen LogP) is 2.90. The van der Waals surface area contributed by atoms with Crippen LogP contribution in [0.25, 0.3) is 0 Å². The second kappa shape index (κ2) is 4.68. The molecule has 0 saturated carbocycles. The normalized spacial score (nSPS) is 8.89. The molecule has 0 aliphatic rings. The molecule has 0 spiro atoms. The van der Waals surface area contributed by atoms with Gasteiger partial charge in [-0.3, -0.25) is 0 Å². The standard InChI is InChI=1S/C7H13ClO/c1-4-5-9-7(8)6(2)3/h4-5H2,1-3H3. The van der Waals surface area contributed by atoms with Gasteiger partial charge in [0.1, 0.15) is 0 Å². The van der Waals surface area contributed by atoms with E-state index in [-0.39, 0.29) is 0 Å². The Morgan fingerprint density at radius 3 is 2.33 bits per heavy atom. The van der Waals surface area contributed by atoms with Gasteiger partial charge >= 0.3 is 0 Å². The summed E-state index contributed by atoms with van der Waals surface area (Å²) in [5.74, 6) is 0. The summed E-state index contributed by atoms with van der Waals surface area (Å²) < 4.78 is 5.10. The average molecular weight is 149 g/mol. The van der Waals surface area contributed by atoms with Gasteiger partial charge in [0.2, 0.25) is 0 Å². The monoisotopic (exact) mass is 148 g/mol. The third-order valence-corrected chi connectivity index (χ3v) is 1.31. The maximum absolute atomic E-state index is 5.65. The molecule has 0 aliphatic heterocycles. The molecule has 0 aromatic carbocycles. The van der Waals surface area contributed by atoms with E-state index in [2.05, 4.69) is 6.92 Å². The van der Waals surface area contributed by atoms with E-state index >= 15 is 0 Å². The molecule has 54 valence electrons. The van der Waals surface area contributed by atoms with E-state index in [4.69, 9.17) is 16.3 Å². The van der Waals surface area contributed by atoms with Gasteiger partial charge in [-0.2, -0.15) is 0 Å². The molecule has 0 fully saturated rings. The van der Waals surface area contributed by atoms with Gasteiger partial charge in [-0.15, -0.1) is 0 Å². The topological polar surface area (TPSA) is 9.23 Å². The highest BCUT2D eigenvalue weighted by atomic mass is 35.5. The van der Waals surface area contributed by atoms with E-state index in [1.165, 1.54) is 0 Å². The first-order valence-electron chi connectivity index (χ1n) is 3.14. The summed E-state index contributed by atoms with van der Waals surface area (Å²) in [4.78, 5) is 0. The van der Waals surface area contributed by atoms with E-state index in [0.29, 0.717) is 11.8 Å². The van der Waals surface area contributed by atoms with Crippen LogP contribution in [-0.2, 0) is 4.74 Å². The molecular weight excluding hydrogens is 136 g/mol. The fraction of sp³-hybridized carbons (Fsp3) is 0.714. The quantitative estimate of drug-likeness (QED) is 0.560. The van der Waals surface area contributed by atoms with E-state index in [1.54, 1.807) is 0 Å². The molecule has 0 atom stereocenters. The molecule has 0 aromatic rings. The van der Waals surface area contributed by atoms with Gasteiger partial charge in [0.15, 0.2) is 5.22 Å². The van der Waals surface area contributed by atoms with Crippen molar-refractivity contribution in [2.45, 2.75) is 27.2 Å². The first kappa shape index (κ1) is 8.83. The Labute approximate surface area is 61.7 Å². The fourth-order valence-electron chi connectivity index (χ4n) is 0.336. The van der Waals surface area contributed by atoms with Gasteiger partial charge in [0, 0.05) is 0 Å². The van der Waals surface area contributed by atoms with Gasteiger partial charge in [-0.05, 0) is 37.4 Å². The molecule has 0 rings (SSSR count). The number of hydrogen-bond acceptors (Lipinski definition) is 1. The van der Waals surface area contributed by atoms with Crippen molar-refractivity contribution in [2.75, 3.05) is 6.61 Å². The highest BCUT2D eigenvalue weighted by Gasteiger charge is 1.92. The van der Waals surface area contributed by atoms with Crippen molar-refractivity contribution in [3.63, 3.8) is 0 Å². The van der Waals surface area contributed by atoms with Crippen LogP contribution >= 0.6 is 11.6 Å². The molecule has 0 radical (unpaired) electrons. The molecule has 0 unspecified atom stereocenters. The van der Waals surface area contributed by atoms with Crippen LogP contribution in [0.3, 0.4) is 0 Å². The summed E-state index contributed by atoms with van der Waals surface area (Å²) in [5.41, 5.74) is 1.03. The summed E-state index contributed by atoms with van der Waals surface area (Å²) >= 11 is 5.65. The van der Waals surface area contributed by atoms with Crippen LogP contribution in [0.4, 0.5) is 0 Å². The molecule has 0 aliphatic carbocycles. The van der Waals surface area contributed by atoms with Gasteiger partial charge in [-0.1, -0.05) is 6.92 Å². The van der Waals surface area contributed by atoms with E-state index in [9.17, 15) is 0 Å². The summed E-state index contributed by atoms with van der Waals surface area (Å²) in [6.45, 7) is 6.62. The molecule has 0 amide bonds. The molecule has 0 aromatic heterocycles. The van der Waals surface area contributed by atoms with E-state index < -0.39 is 0 Å². The summed E-state index contributed by atoms with van der Waals surface area (Å²) in [7, 11) is 0. The minimum Gasteiger partial charge on any atom is -0.483 e. The van der Waals surface area contributed by atoms with Crippen LogP contribution in [-0.4, -0.2) is 6.61 Å². The fourth-order valence-corrected chi connectivity index (χ4v) is 0.413. The third-order valence-electron chi connectivity index (χ3n) is 0.826. The Balaban J connectivity index is 3.50. The second-order valence-corrected chi connectivity index (χ2v) is 2.47. The Bertz CT molecular complexity index is 103. The SMILES string of the molecule is CCCOC(Cl)=C(C)C. The van der Waals surface area contributed by atoms with Crippen molar-refractivity contribution in [1.29, 1.82) is 0 Å². The van der Waals surface area contributed by atoms with Crippen LogP contribution in [0.2, 0.25) is 0 Å². The first-order valence-corrected chi connectivity index (χ1v) is 3.52. The van der Waals surface area contributed by atoms with Gasteiger partial charge in [0.25, 0.3) is 0 Å². The van der Waals surface area contributed by atoms with Gasteiger partial charge in [-0.25, -0.2) is 0 Å². The van der Waals surface area contributed by atoms with Crippen molar-refractivity contribution >= 4 is 11.6 Å². The van der Waals surface area contributed by atoms with Crippen molar-refractivity contribution in [1.82, 2.24) is 0 Å². The highest BCUT2D eigenvalue weighted by molar-refractivity contribution is 6.28. The minimum absolute atomic E-state index is 0.539. The van der Waals surface area contributed by atoms with Crippen molar-refractivity contribution in [3.05, 3.63) is 10.8 Å². The van der Waals surface area contributed by atoms with Crippen LogP contribution in [0.15, 0.2) is 10.8 Å². The molecule has 9 heavy (non-hydrogen) atoms.